The van der Waals surface area contributed by atoms with E-state index in [1.165, 1.54) is 11.8 Å². The van der Waals surface area contributed by atoms with Crippen molar-refractivity contribution in [2.75, 3.05) is 15.8 Å². The molecular formula is C22H22N2O3S2. The summed E-state index contributed by atoms with van der Waals surface area (Å²) < 4.78 is 25.8. The van der Waals surface area contributed by atoms with Gasteiger partial charge in [-0.05, 0) is 48.9 Å². The van der Waals surface area contributed by atoms with Crippen molar-refractivity contribution in [1.29, 1.82) is 0 Å². The molecule has 0 radical (unpaired) electrons. The fourth-order valence-electron chi connectivity index (χ4n) is 2.62. The van der Waals surface area contributed by atoms with Crippen molar-refractivity contribution in [2.45, 2.75) is 17.1 Å². The first kappa shape index (κ1) is 21.0. The third kappa shape index (κ3) is 6.10. The summed E-state index contributed by atoms with van der Waals surface area (Å²) >= 11 is 1.48. The average molecular weight is 427 g/mol. The first-order valence-electron chi connectivity index (χ1n) is 9.15. The van der Waals surface area contributed by atoms with Crippen LogP contribution in [0, 0.1) is 0 Å². The summed E-state index contributed by atoms with van der Waals surface area (Å²) in [6, 6.07) is 26.0. The number of rotatable bonds is 8. The van der Waals surface area contributed by atoms with Crippen LogP contribution in [-0.4, -0.2) is 20.1 Å². The highest BCUT2D eigenvalue weighted by Crippen LogP contribution is 2.36. The molecule has 0 heterocycles. The van der Waals surface area contributed by atoms with E-state index in [1.54, 1.807) is 31.2 Å². The van der Waals surface area contributed by atoms with Crippen molar-refractivity contribution in [3.63, 3.8) is 0 Å². The molecule has 29 heavy (non-hydrogen) atoms. The van der Waals surface area contributed by atoms with Crippen LogP contribution >= 0.6 is 11.8 Å². The molecule has 7 heteroatoms. The molecule has 3 aromatic carbocycles. The topological polar surface area (TPSA) is 75.3 Å². The molecule has 5 nitrogen and oxygen atoms in total. The van der Waals surface area contributed by atoms with Gasteiger partial charge in [0, 0.05) is 16.3 Å². The third-order valence-electron chi connectivity index (χ3n) is 4.14. The van der Waals surface area contributed by atoms with Gasteiger partial charge in [-0.3, -0.25) is 9.52 Å². The lowest BCUT2D eigenvalue weighted by Gasteiger charge is -2.17. The zero-order chi connectivity index (χ0) is 20.7. The molecule has 150 valence electrons. The molecule has 0 bridgehead atoms. The maximum Gasteiger partial charge on any atom is 0.242 e. The van der Waals surface area contributed by atoms with Crippen LogP contribution < -0.4 is 10.0 Å². The summed E-state index contributed by atoms with van der Waals surface area (Å²) in [6.45, 7) is 1.57. The summed E-state index contributed by atoms with van der Waals surface area (Å²) in [7, 11) is -3.33. The number of carbonyl (C=O) groups excluding carboxylic acids is 1. The fourth-order valence-corrected chi connectivity index (χ4v) is 4.30. The van der Waals surface area contributed by atoms with Gasteiger partial charge >= 0.3 is 0 Å². The number of nitrogens with one attached hydrogen (secondary N) is 2. The van der Waals surface area contributed by atoms with Crippen molar-refractivity contribution in [1.82, 2.24) is 0 Å². The molecule has 1 atom stereocenters. The van der Waals surface area contributed by atoms with Gasteiger partial charge in [-0.15, -0.1) is 11.8 Å². The van der Waals surface area contributed by atoms with Crippen LogP contribution in [0.4, 0.5) is 11.4 Å². The normalized spacial score (nSPS) is 12.2. The summed E-state index contributed by atoms with van der Waals surface area (Å²) in [4.78, 5) is 14.0. The van der Waals surface area contributed by atoms with Crippen molar-refractivity contribution < 1.29 is 13.2 Å². The molecular weight excluding hydrogens is 404 g/mol. The maximum atomic E-state index is 13.0. The number of thioether (sulfide) groups is 1. The van der Waals surface area contributed by atoms with Gasteiger partial charge in [-0.1, -0.05) is 48.5 Å². The Morgan fingerprint density at radius 3 is 2.00 bits per heavy atom. The van der Waals surface area contributed by atoms with Crippen LogP contribution in [0.25, 0.3) is 0 Å². The van der Waals surface area contributed by atoms with E-state index in [2.05, 4.69) is 10.0 Å². The molecule has 3 aromatic rings. The van der Waals surface area contributed by atoms with Gasteiger partial charge in [0.2, 0.25) is 15.9 Å². The van der Waals surface area contributed by atoms with Crippen LogP contribution in [0.1, 0.15) is 17.7 Å². The zero-order valence-electron chi connectivity index (χ0n) is 15.9. The minimum absolute atomic E-state index is 0.000945. The number of sulfonamides is 1. The van der Waals surface area contributed by atoms with Gasteiger partial charge in [-0.2, -0.15) is 0 Å². The number of benzene rings is 3. The Balaban J connectivity index is 1.76. The van der Waals surface area contributed by atoms with Gasteiger partial charge in [0.1, 0.15) is 5.25 Å². The summed E-state index contributed by atoms with van der Waals surface area (Å²) in [5, 5.41) is 2.51. The van der Waals surface area contributed by atoms with E-state index in [-0.39, 0.29) is 11.7 Å². The smallest absolute Gasteiger partial charge is 0.242 e. The van der Waals surface area contributed by atoms with Gasteiger partial charge < -0.3 is 5.32 Å². The average Bonchev–Trinajstić information content (AvgIpc) is 2.74. The SMILES string of the molecule is CCS(=O)(=O)Nc1ccc(NC(=O)C(Sc2ccccc2)c2ccccc2)cc1. The van der Waals surface area contributed by atoms with Gasteiger partial charge in [0.15, 0.2) is 0 Å². The Morgan fingerprint density at radius 1 is 0.862 bits per heavy atom. The Bertz CT molecular complexity index is 1040. The van der Waals surface area contributed by atoms with E-state index in [4.69, 9.17) is 0 Å². The van der Waals surface area contributed by atoms with E-state index in [1.807, 2.05) is 60.7 Å². The lowest BCUT2D eigenvalue weighted by molar-refractivity contribution is -0.115. The zero-order valence-corrected chi connectivity index (χ0v) is 17.5. The molecule has 0 saturated carbocycles. The van der Waals surface area contributed by atoms with E-state index in [9.17, 15) is 13.2 Å². The monoisotopic (exact) mass is 426 g/mol. The van der Waals surface area contributed by atoms with E-state index in [0.29, 0.717) is 11.4 Å². The largest absolute Gasteiger partial charge is 0.325 e. The van der Waals surface area contributed by atoms with Crippen LogP contribution in [0.3, 0.4) is 0 Å². The molecule has 0 saturated heterocycles. The molecule has 0 spiro atoms. The molecule has 1 amide bonds. The summed E-state index contributed by atoms with van der Waals surface area (Å²) in [5.74, 6) is -0.145. The van der Waals surface area contributed by atoms with Gasteiger partial charge in [-0.25, -0.2) is 8.42 Å². The van der Waals surface area contributed by atoms with Gasteiger partial charge in [0.25, 0.3) is 0 Å². The Morgan fingerprint density at radius 2 is 1.41 bits per heavy atom. The maximum absolute atomic E-state index is 13.0. The molecule has 3 rings (SSSR count). The number of carbonyl (C=O) groups is 1. The Hall–Kier alpha value is -2.77. The highest BCUT2D eigenvalue weighted by molar-refractivity contribution is 8.00. The van der Waals surface area contributed by atoms with E-state index >= 15 is 0 Å². The highest BCUT2D eigenvalue weighted by Gasteiger charge is 2.22. The van der Waals surface area contributed by atoms with Crippen molar-refractivity contribution in [2.24, 2.45) is 0 Å². The van der Waals surface area contributed by atoms with Gasteiger partial charge in [0.05, 0.1) is 5.75 Å². The number of hydrogen-bond acceptors (Lipinski definition) is 4. The molecule has 1 unspecified atom stereocenters. The molecule has 0 fully saturated rings. The van der Waals surface area contributed by atoms with Crippen molar-refractivity contribution in [3.8, 4) is 0 Å². The lowest BCUT2D eigenvalue weighted by Crippen LogP contribution is -2.19. The summed E-state index contributed by atoms with van der Waals surface area (Å²) in [5.41, 5.74) is 1.97. The number of anilines is 2. The van der Waals surface area contributed by atoms with Crippen LogP contribution in [0.15, 0.2) is 89.8 Å². The minimum Gasteiger partial charge on any atom is -0.325 e. The molecule has 0 aromatic heterocycles. The first-order chi connectivity index (χ1) is 14.0. The number of amides is 1. The molecule has 0 aliphatic rings. The first-order valence-corrected chi connectivity index (χ1v) is 11.7. The molecule has 2 N–H and O–H groups in total. The third-order valence-corrected chi connectivity index (χ3v) is 6.72. The van der Waals surface area contributed by atoms with Crippen LogP contribution in [0.5, 0.6) is 0 Å². The quantitative estimate of drug-likeness (QED) is 0.501. The fraction of sp³-hybridized carbons (Fsp3) is 0.136. The highest BCUT2D eigenvalue weighted by atomic mass is 32.2. The second kappa shape index (κ2) is 9.62. The molecule has 0 aliphatic carbocycles. The summed E-state index contributed by atoms with van der Waals surface area (Å²) in [6.07, 6.45) is 0. The molecule has 0 aliphatic heterocycles. The number of hydrogen-bond donors (Lipinski definition) is 2. The van der Waals surface area contributed by atoms with Crippen molar-refractivity contribution in [3.05, 3.63) is 90.5 Å². The van der Waals surface area contributed by atoms with Crippen LogP contribution in [-0.2, 0) is 14.8 Å². The predicted molar refractivity (Wildman–Crippen MR) is 120 cm³/mol. The van der Waals surface area contributed by atoms with Crippen molar-refractivity contribution >= 4 is 39.1 Å². The lowest BCUT2D eigenvalue weighted by atomic mass is 10.1. The van der Waals surface area contributed by atoms with E-state index < -0.39 is 15.3 Å². The Labute approximate surface area is 175 Å². The second-order valence-electron chi connectivity index (χ2n) is 6.29. The standard InChI is InChI=1S/C22H22N2O3S2/c1-2-29(26,27)24-19-15-13-18(14-16-19)23-22(25)21(17-9-5-3-6-10-17)28-20-11-7-4-8-12-20/h3-16,21,24H,2H2,1H3,(H,23,25). The minimum atomic E-state index is -3.33. The predicted octanol–water partition coefficient (Wildman–Crippen LogP) is 4.92. The second-order valence-corrected chi connectivity index (χ2v) is 9.48. The van der Waals surface area contributed by atoms with Crippen LogP contribution in [0.2, 0.25) is 0 Å². The Kier molecular flexibility index (Phi) is 6.95. The van der Waals surface area contributed by atoms with E-state index in [0.717, 1.165) is 10.5 Å².